The van der Waals surface area contributed by atoms with Crippen LogP contribution in [0.15, 0.2) is 30.4 Å². The molecule has 1 aromatic rings. The first-order chi connectivity index (χ1) is 21.7. The SMILES string of the molecule is CC(C)(C)C(=O)OCc1ccc(O[C@@H]2O[C@H](C(=O)O)[C@@H](O)[C@H](O)[C@H]2O)cc1OCCCNC(=O)CCCCCN1C(=O)C=CC1=O. The molecular weight excluding hydrogens is 608 g/mol. The molecule has 2 aliphatic heterocycles. The van der Waals surface area contributed by atoms with Gasteiger partial charge in [0.25, 0.3) is 11.8 Å². The standard InChI is InChI=1S/C31H42N2O13/c1-31(2,3)30(42)44-17-18-9-10-19(45-29-26(39)24(37)25(38)27(46-29)28(40)41)16-20(18)43-15-7-13-32-21(34)8-5-4-6-14-33-22(35)11-12-23(33)36/h9-12,16,24-27,29,37-39H,4-8,13-15,17H2,1-3H3,(H,32,34)(H,40,41)/t24-,25-,26+,27-,29+/m0/s1. The van der Waals surface area contributed by atoms with E-state index in [0.717, 1.165) is 0 Å². The highest BCUT2D eigenvalue weighted by atomic mass is 16.7. The van der Waals surface area contributed by atoms with E-state index in [-0.39, 0.29) is 48.9 Å². The van der Waals surface area contributed by atoms with Crippen molar-refractivity contribution in [1.29, 1.82) is 0 Å². The van der Waals surface area contributed by atoms with Gasteiger partial charge in [0.05, 0.1) is 12.0 Å². The first kappa shape index (κ1) is 36.4. The summed E-state index contributed by atoms with van der Waals surface area (Å²) in [7, 11) is 0. The molecular formula is C31H42N2O13. The van der Waals surface area contributed by atoms with Gasteiger partial charge in [0.2, 0.25) is 12.2 Å². The molecule has 0 radical (unpaired) electrons. The van der Waals surface area contributed by atoms with Crippen molar-refractivity contribution < 1.29 is 63.3 Å². The molecule has 0 aliphatic carbocycles. The van der Waals surface area contributed by atoms with Gasteiger partial charge in [-0.25, -0.2) is 4.79 Å². The molecule has 15 nitrogen and oxygen atoms in total. The van der Waals surface area contributed by atoms with E-state index >= 15 is 0 Å². The Labute approximate surface area is 266 Å². The molecule has 3 amide bonds. The fraction of sp³-hybridized carbons (Fsp3) is 0.581. The highest BCUT2D eigenvalue weighted by Crippen LogP contribution is 2.30. The van der Waals surface area contributed by atoms with Gasteiger partial charge < -0.3 is 44.7 Å². The van der Waals surface area contributed by atoms with Crippen LogP contribution < -0.4 is 14.8 Å². The Morgan fingerprint density at radius 1 is 0.957 bits per heavy atom. The van der Waals surface area contributed by atoms with Crippen LogP contribution in [0, 0.1) is 5.41 Å². The van der Waals surface area contributed by atoms with Crippen LogP contribution in [0.2, 0.25) is 0 Å². The molecule has 5 N–H and O–H groups in total. The third-order valence-electron chi connectivity index (χ3n) is 7.16. The fourth-order valence-corrected chi connectivity index (χ4v) is 4.46. The highest BCUT2D eigenvalue weighted by molar-refractivity contribution is 6.12. The molecule has 15 heteroatoms. The number of aliphatic hydroxyl groups excluding tert-OH is 3. The monoisotopic (exact) mass is 650 g/mol. The predicted octanol–water partition coefficient (Wildman–Crippen LogP) is 0.417. The van der Waals surface area contributed by atoms with Gasteiger partial charge in [-0.2, -0.15) is 0 Å². The van der Waals surface area contributed by atoms with Crippen LogP contribution in [0.1, 0.15) is 58.4 Å². The van der Waals surface area contributed by atoms with E-state index in [4.69, 9.17) is 18.9 Å². The molecule has 0 bridgehead atoms. The lowest BCUT2D eigenvalue weighted by molar-refractivity contribution is -0.271. The number of carboxylic acids is 1. The second-order valence-electron chi connectivity index (χ2n) is 12.0. The van der Waals surface area contributed by atoms with E-state index in [2.05, 4.69) is 5.32 Å². The Balaban J connectivity index is 1.51. The maximum atomic E-state index is 12.3. The van der Waals surface area contributed by atoms with Crippen molar-refractivity contribution in [2.75, 3.05) is 19.7 Å². The van der Waals surface area contributed by atoms with Crippen molar-refractivity contribution in [3.05, 3.63) is 35.9 Å². The second kappa shape index (κ2) is 16.5. The van der Waals surface area contributed by atoms with Crippen LogP contribution in [-0.4, -0.2) is 105 Å². The Hall–Kier alpha value is -4.05. The normalized spacial score (nSPS) is 22.9. The summed E-state index contributed by atoms with van der Waals surface area (Å²) in [5.41, 5.74) is -0.266. The molecule has 0 aromatic heterocycles. The van der Waals surface area contributed by atoms with Gasteiger partial charge in [-0.05, 0) is 52.2 Å². The van der Waals surface area contributed by atoms with E-state index in [1.54, 1.807) is 26.8 Å². The summed E-state index contributed by atoms with van der Waals surface area (Å²) in [6, 6.07) is 4.42. The van der Waals surface area contributed by atoms with Gasteiger partial charge in [0.15, 0.2) is 6.10 Å². The zero-order valence-electron chi connectivity index (χ0n) is 26.0. The minimum absolute atomic E-state index is 0.0701. The van der Waals surface area contributed by atoms with Gasteiger partial charge in [-0.3, -0.25) is 24.1 Å². The number of benzene rings is 1. The van der Waals surface area contributed by atoms with Crippen LogP contribution in [0.5, 0.6) is 11.5 Å². The number of nitrogens with zero attached hydrogens (tertiary/aromatic N) is 1. The van der Waals surface area contributed by atoms with Gasteiger partial charge in [0, 0.05) is 43.3 Å². The maximum Gasteiger partial charge on any atom is 0.335 e. The first-order valence-corrected chi connectivity index (χ1v) is 15.0. The van der Waals surface area contributed by atoms with Crippen LogP contribution in [0.4, 0.5) is 0 Å². The van der Waals surface area contributed by atoms with Gasteiger partial charge >= 0.3 is 11.9 Å². The number of esters is 1. The second-order valence-corrected chi connectivity index (χ2v) is 12.0. The van der Waals surface area contributed by atoms with Crippen molar-refractivity contribution in [3.63, 3.8) is 0 Å². The lowest BCUT2D eigenvalue weighted by Crippen LogP contribution is -2.61. The number of rotatable bonds is 16. The molecule has 5 atom stereocenters. The molecule has 0 saturated carbocycles. The van der Waals surface area contributed by atoms with Crippen molar-refractivity contribution in [3.8, 4) is 11.5 Å². The fourth-order valence-electron chi connectivity index (χ4n) is 4.46. The number of amides is 3. The number of unbranched alkanes of at least 4 members (excludes halogenated alkanes) is 2. The number of carbonyl (C=O) groups is 5. The molecule has 2 aliphatic rings. The Morgan fingerprint density at radius 2 is 1.65 bits per heavy atom. The van der Waals surface area contributed by atoms with E-state index in [9.17, 15) is 44.4 Å². The molecule has 1 aromatic carbocycles. The van der Waals surface area contributed by atoms with Crippen LogP contribution >= 0.6 is 0 Å². The zero-order chi connectivity index (χ0) is 34.0. The minimum Gasteiger partial charge on any atom is -0.493 e. The van der Waals surface area contributed by atoms with Crippen molar-refractivity contribution >= 4 is 29.7 Å². The van der Waals surface area contributed by atoms with E-state index < -0.39 is 48.1 Å². The third kappa shape index (κ3) is 10.2. The number of carbonyl (C=O) groups excluding carboxylic acids is 4. The predicted molar refractivity (Wildman–Crippen MR) is 158 cm³/mol. The quantitative estimate of drug-likeness (QED) is 0.0932. The number of aliphatic carboxylic acids is 1. The number of hydrogen-bond acceptors (Lipinski definition) is 12. The van der Waals surface area contributed by atoms with Crippen LogP contribution in [-0.2, 0) is 40.1 Å². The molecule has 0 unspecified atom stereocenters. The third-order valence-corrected chi connectivity index (χ3v) is 7.16. The summed E-state index contributed by atoms with van der Waals surface area (Å²) in [6.07, 6.45) is -3.90. The van der Waals surface area contributed by atoms with Crippen molar-refractivity contribution in [1.82, 2.24) is 10.2 Å². The molecule has 0 spiro atoms. The number of nitrogens with one attached hydrogen (secondary N) is 1. The molecule has 1 saturated heterocycles. The molecule has 1 fully saturated rings. The smallest absolute Gasteiger partial charge is 0.335 e. The van der Waals surface area contributed by atoms with E-state index in [0.29, 0.717) is 44.3 Å². The minimum atomic E-state index is -1.87. The summed E-state index contributed by atoms with van der Waals surface area (Å²) in [5.74, 6) is -2.48. The van der Waals surface area contributed by atoms with Crippen molar-refractivity contribution in [2.45, 2.75) is 90.2 Å². The van der Waals surface area contributed by atoms with E-state index in [1.807, 2.05) is 0 Å². The molecule has 3 rings (SSSR count). The zero-order valence-corrected chi connectivity index (χ0v) is 26.0. The van der Waals surface area contributed by atoms with Crippen LogP contribution in [0.25, 0.3) is 0 Å². The molecule has 46 heavy (non-hydrogen) atoms. The number of ether oxygens (including phenoxy) is 4. The lowest BCUT2D eigenvalue weighted by Gasteiger charge is -2.38. The van der Waals surface area contributed by atoms with Crippen LogP contribution in [0.3, 0.4) is 0 Å². The average Bonchev–Trinajstić information content (AvgIpc) is 3.31. The molecule has 2 heterocycles. The summed E-state index contributed by atoms with van der Waals surface area (Å²) < 4.78 is 22.1. The lowest BCUT2D eigenvalue weighted by atomic mass is 9.97. The largest absolute Gasteiger partial charge is 0.493 e. The molecule has 254 valence electrons. The van der Waals surface area contributed by atoms with Gasteiger partial charge in [-0.15, -0.1) is 0 Å². The summed E-state index contributed by atoms with van der Waals surface area (Å²) in [5, 5.41) is 42.4. The maximum absolute atomic E-state index is 12.3. The van der Waals surface area contributed by atoms with Gasteiger partial charge in [0.1, 0.15) is 36.4 Å². The number of carboxylic acid groups (broad SMARTS) is 1. The van der Waals surface area contributed by atoms with Crippen molar-refractivity contribution in [2.24, 2.45) is 5.41 Å². The Kier molecular flexibility index (Phi) is 13.1. The first-order valence-electron chi connectivity index (χ1n) is 15.0. The number of imide groups is 1. The Morgan fingerprint density at radius 3 is 2.30 bits per heavy atom. The number of aliphatic hydroxyl groups is 3. The Bertz CT molecular complexity index is 1270. The van der Waals surface area contributed by atoms with Gasteiger partial charge in [-0.1, -0.05) is 6.42 Å². The van der Waals surface area contributed by atoms with E-state index in [1.165, 1.54) is 29.2 Å². The number of hydrogen-bond donors (Lipinski definition) is 5. The highest BCUT2D eigenvalue weighted by Gasteiger charge is 2.48. The summed E-state index contributed by atoms with van der Waals surface area (Å²) >= 11 is 0. The average molecular weight is 651 g/mol. The summed E-state index contributed by atoms with van der Waals surface area (Å²) in [6.45, 7) is 5.76. The topological polar surface area (TPSA) is 218 Å². The summed E-state index contributed by atoms with van der Waals surface area (Å²) in [4.78, 5) is 60.2.